The van der Waals surface area contributed by atoms with E-state index in [2.05, 4.69) is 20.2 Å². The molecule has 4 rings (SSSR count). The highest BCUT2D eigenvalue weighted by Gasteiger charge is 2.43. The van der Waals surface area contributed by atoms with Crippen molar-refractivity contribution in [1.82, 2.24) is 15.3 Å². The van der Waals surface area contributed by atoms with Crippen molar-refractivity contribution in [3.8, 4) is 5.88 Å². The van der Waals surface area contributed by atoms with Crippen LogP contribution in [0.5, 0.6) is 5.88 Å². The van der Waals surface area contributed by atoms with E-state index < -0.39 is 29.2 Å². The number of rotatable bonds is 6. The number of nitrogens with two attached hydrogens (primary N) is 1. The van der Waals surface area contributed by atoms with Crippen molar-refractivity contribution >= 4 is 29.2 Å². The Labute approximate surface area is 205 Å². The van der Waals surface area contributed by atoms with Gasteiger partial charge in [-0.05, 0) is 57.7 Å². The molecular formula is C23H25ClF3N5O3. The number of hydrogen-bond donors (Lipinski definition) is 2. The molecule has 0 unspecified atom stereocenters. The quantitative estimate of drug-likeness (QED) is 0.611. The summed E-state index contributed by atoms with van der Waals surface area (Å²) in [5, 5.41) is 2.68. The first-order valence-corrected chi connectivity index (χ1v) is 11.5. The molecule has 2 aliphatic rings. The minimum atomic E-state index is -4.59. The molecule has 4 heterocycles. The predicted octanol–water partition coefficient (Wildman–Crippen LogP) is 3.72. The summed E-state index contributed by atoms with van der Waals surface area (Å²) >= 11 is 5.93. The summed E-state index contributed by atoms with van der Waals surface area (Å²) in [7, 11) is 0. The molecule has 2 saturated heterocycles. The van der Waals surface area contributed by atoms with Crippen LogP contribution in [0.4, 0.5) is 19.0 Å². The third-order valence-electron chi connectivity index (χ3n) is 6.40. The smallest absolute Gasteiger partial charge is 0.417 e. The van der Waals surface area contributed by atoms with Crippen LogP contribution in [0, 0.1) is 0 Å². The number of anilines is 1. The van der Waals surface area contributed by atoms with Gasteiger partial charge in [0.2, 0.25) is 11.8 Å². The van der Waals surface area contributed by atoms with Gasteiger partial charge in [0.15, 0.2) is 5.60 Å². The van der Waals surface area contributed by atoms with Crippen LogP contribution in [0.1, 0.15) is 55.5 Å². The maximum atomic E-state index is 13.0. The van der Waals surface area contributed by atoms with Crippen LogP contribution in [0.2, 0.25) is 5.02 Å². The Balaban J connectivity index is 1.39. The van der Waals surface area contributed by atoms with E-state index in [1.54, 1.807) is 12.1 Å². The Morgan fingerprint density at radius 1 is 1.14 bits per heavy atom. The number of hydrogen-bond acceptors (Lipinski definition) is 6. The lowest BCUT2D eigenvalue weighted by molar-refractivity contribution is -0.138. The molecule has 35 heavy (non-hydrogen) atoms. The molecule has 188 valence electrons. The lowest BCUT2D eigenvalue weighted by atomic mass is 9.96. The standard InChI is InChI=1S/C23H25ClF3N5O3/c1-22(2,35-20-17(24)7-13(11-30-20)23(25,26)27)21(34)31-14-8-15-4-5-16(9-14)32(15)18-6-3-12(10-29-18)19(28)33/h3,6-7,10-11,14-16H,4-5,8-9H2,1-2H3,(H2,28,33)(H,31,34)/t14-,15+,16-. The maximum absolute atomic E-state index is 13.0. The monoisotopic (exact) mass is 511 g/mol. The molecule has 3 N–H and O–H groups in total. The van der Waals surface area contributed by atoms with Gasteiger partial charge < -0.3 is 20.7 Å². The number of alkyl halides is 3. The summed E-state index contributed by atoms with van der Waals surface area (Å²) in [6.07, 6.45) is 0.768. The van der Waals surface area contributed by atoms with Crippen LogP contribution in [-0.2, 0) is 11.0 Å². The number of fused-ring (bicyclic) bond motifs is 2. The molecule has 0 aromatic carbocycles. The van der Waals surface area contributed by atoms with Crippen LogP contribution in [-0.4, -0.2) is 45.5 Å². The van der Waals surface area contributed by atoms with Gasteiger partial charge in [-0.15, -0.1) is 0 Å². The van der Waals surface area contributed by atoms with Crippen molar-refractivity contribution in [1.29, 1.82) is 0 Å². The second kappa shape index (κ2) is 9.18. The summed E-state index contributed by atoms with van der Waals surface area (Å²) in [6, 6.07) is 4.37. The Hall–Kier alpha value is -3.08. The van der Waals surface area contributed by atoms with E-state index in [0.29, 0.717) is 24.6 Å². The largest absolute Gasteiger partial charge is 0.460 e. The Morgan fingerprint density at radius 2 is 1.80 bits per heavy atom. The zero-order valence-electron chi connectivity index (χ0n) is 19.1. The van der Waals surface area contributed by atoms with Gasteiger partial charge in [0, 0.05) is 30.5 Å². The van der Waals surface area contributed by atoms with Gasteiger partial charge in [0.05, 0.1) is 11.1 Å². The number of carbonyl (C=O) groups is 2. The van der Waals surface area contributed by atoms with Gasteiger partial charge in [-0.3, -0.25) is 9.59 Å². The number of aromatic nitrogens is 2. The van der Waals surface area contributed by atoms with Gasteiger partial charge in [-0.1, -0.05) is 11.6 Å². The number of halogens is 4. The number of amides is 2. The minimum Gasteiger partial charge on any atom is -0.460 e. The van der Waals surface area contributed by atoms with E-state index in [9.17, 15) is 22.8 Å². The van der Waals surface area contributed by atoms with E-state index in [-0.39, 0.29) is 29.0 Å². The molecule has 2 aromatic heterocycles. The van der Waals surface area contributed by atoms with E-state index >= 15 is 0 Å². The van der Waals surface area contributed by atoms with Gasteiger partial charge in [0.1, 0.15) is 10.8 Å². The summed E-state index contributed by atoms with van der Waals surface area (Å²) in [4.78, 5) is 34.6. The van der Waals surface area contributed by atoms with Crippen LogP contribution >= 0.6 is 11.6 Å². The van der Waals surface area contributed by atoms with Crippen molar-refractivity contribution < 1.29 is 27.5 Å². The summed E-state index contributed by atoms with van der Waals surface area (Å²) in [5.74, 6) is -0.442. The van der Waals surface area contributed by atoms with Crippen molar-refractivity contribution in [3.05, 3.63) is 46.7 Å². The van der Waals surface area contributed by atoms with Crippen LogP contribution in [0.25, 0.3) is 0 Å². The Morgan fingerprint density at radius 3 is 2.31 bits per heavy atom. The van der Waals surface area contributed by atoms with Crippen molar-refractivity contribution in [2.75, 3.05) is 4.90 Å². The number of carbonyl (C=O) groups excluding carboxylic acids is 2. The summed E-state index contributed by atoms with van der Waals surface area (Å²) in [6.45, 7) is 3.01. The molecule has 12 heteroatoms. The minimum absolute atomic E-state index is 0.111. The fourth-order valence-electron chi connectivity index (χ4n) is 4.66. The average Bonchev–Trinajstić information content (AvgIpc) is 3.04. The second-order valence-electron chi connectivity index (χ2n) is 9.32. The third-order valence-corrected chi connectivity index (χ3v) is 6.67. The Kier molecular flexibility index (Phi) is 6.56. The highest BCUT2D eigenvalue weighted by Crippen LogP contribution is 2.39. The first kappa shape index (κ1) is 25.0. The topological polar surface area (TPSA) is 110 Å². The lowest BCUT2D eigenvalue weighted by Crippen LogP contribution is -2.55. The molecule has 2 bridgehead atoms. The molecule has 2 aliphatic heterocycles. The van der Waals surface area contributed by atoms with Crippen LogP contribution in [0.15, 0.2) is 30.6 Å². The average molecular weight is 512 g/mol. The molecule has 0 radical (unpaired) electrons. The second-order valence-corrected chi connectivity index (χ2v) is 9.73. The highest BCUT2D eigenvalue weighted by molar-refractivity contribution is 6.31. The predicted molar refractivity (Wildman–Crippen MR) is 122 cm³/mol. The summed E-state index contributed by atoms with van der Waals surface area (Å²) in [5.41, 5.74) is 3.21. The lowest BCUT2D eigenvalue weighted by Gasteiger charge is -2.40. The molecule has 2 fully saturated rings. The normalized spacial score (nSPS) is 22.1. The summed E-state index contributed by atoms with van der Waals surface area (Å²) < 4.78 is 44.2. The zero-order valence-corrected chi connectivity index (χ0v) is 19.9. The molecule has 0 saturated carbocycles. The zero-order chi connectivity index (χ0) is 25.5. The van der Waals surface area contributed by atoms with Crippen LogP contribution < -0.4 is 20.7 Å². The van der Waals surface area contributed by atoms with Gasteiger partial charge in [-0.2, -0.15) is 13.2 Å². The van der Waals surface area contributed by atoms with Crippen molar-refractivity contribution in [3.63, 3.8) is 0 Å². The SMILES string of the molecule is CC(C)(Oc1ncc(C(F)(F)F)cc1Cl)C(=O)N[C@H]1C[C@H]2CC[C@@H](C1)N2c1ccc(C(N)=O)cn1. The van der Waals surface area contributed by atoms with Crippen molar-refractivity contribution in [2.45, 2.75) is 69.4 Å². The number of nitrogens with zero attached hydrogens (tertiary/aromatic N) is 3. The molecular weight excluding hydrogens is 487 g/mol. The maximum Gasteiger partial charge on any atom is 0.417 e. The molecule has 2 amide bonds. The number of pyridine rings is 2. The molecule has 8 nitrogen and oxygen atoms in total. The fraction of sp³-hybridized carbons (Fsp3) is 0.478. The number of primary amides is 1. The van der Waals surface area contributed by atoms with E-state index in [0.717, 1.165) is 24.7 Å². The molecule has 3 atom stereocenters. The first-order chi connectivity index (χ1) is 16.3. The number of nitrogens with one attached hydrogen (secondary N) is 1. The van der Waals surface area contributed by atoms with Gasteiger partial charge in [0.25, 0.3) is 5.91 Å². The van der Waals surface area contributed by atoms with Gasteiger partial charge in [-0.25, -0.2) is 9.97 Å². The van der Waals surface area contributed by atoms with Crippen molar-refractivity contribution in [2.24, 2.45) is 5.73 Å². The van der Waals surface area contributed by atoms with Gasteiger partial charge >= 0.3 is 6.18 Å². The third kappa shape index (κ3) is 5.29. The number of ether oxygens (including phenoxy) is 1. The molecule has 2 aromatic rings. The first-order valence-electron chi connectivity index (χ1n) is 11.1. The number of piperidine rings is 1. The molecule has 0 spiro atoms. The Bertz CT molecular complexity index is 1110. The van der Waals surface area contributed by atoms with E-state index in [4.69, 9.17) is 22.1 Å². The molecule has 0 aliphatic carbocycles. The van der Waals surface area contributed by atoms with Crippen LogP contribution in [0.3, 0.4) is 0 Å². The fourth-order valence-corrected chi connectivity index (χ4v) is 4.86. The van der Waals surface area contributed by atoms with E-state index in [1.807, 2.05) is 0 Å². The highest BCUT2D eigenvalue weighted by atomic mass is 35.5. The van der Waals surface area contributed by atoms with E-state index in [1.165, 1.54) is 20.0 Å².